The van der Waals surface area contributed by atoms with Gasteiger partial charge in [-0.1, -0.05) is 6.92 Å². The summed E-state index contributed by atoms with van der Waals surface area (Å²) in [7, 11) is -0.632. The molecule has 2 aromatic heterocycles. The molecule has 3 rings (SSSR count). The molecule has 0 spiro atoms. The highest BCUT2D eigenvalue weighted by Gasteiger charge is 2.23. The van der Waals surface area contributed by atoms with Crippen molar-refractivity contribution in [3.8, 4) is 0 Å². The number of imidazole rings is 2. The molecule has 2 heterocycles. The Bertz CT molecular complexity index is 1150. The Kier molecular flexibility index (Phi) is 5.22. The Morgan fingerprint density at radius 2 is 1.96 bits per heavy atom. The topological polar surface area (TPSA) is 116 Å². The molecule has 3 aromatic rings. The lowest BCUT2D eigenvalue weighted by Gasteiger charge is -2.11. The van der Waals surface area contributed by atoms with Crippen LogP contribution in [-0.2, 0) is 23.1 Å². The average molecular weight is 406 g/mol. The molecular formula is C17H22N6O4S. The van der Waals surface area contributed by atoms with Crippen molar-refractivity contribution < 1.29 is 13.3 Å². The van der Waals surface area contributed by atoms with Crippen molar-refractivity contribution in [2.24, 2.45) is 0 Å². The number of nitrogens with zero attached hydrogens (tertiary/aromatic N) is 6. The summed E-state index contributed by atoms with van der Waals surface area (Å²) in [6, 6.07) is 4.82. The maximum atomic E-state index is 12.4. The second-order valence-electron chi connectivity index (χ2n) is 6.62. The van der Waals surface area contributed by atoms with Gasteiger partial charge in [-0.05, 0) is 29.5 Å². The molecule has 0 radical (unpaired) electrons. The van der Waals surface area contributed by atoms with Crippen molar-refractivity contribution in [2.45, 2.75) is 38.3 Å². The van der Waals surface area contributed by atoms with E-state index in [0.717, 1.165) is 16.2 Å². The van der Waals surface area contributed by atoms with Crippen LogP contribution in [0.5, 0.6) is 0 Å². The smallest absolute Gasteiger partial charge is 0.343 e. The predicted molar refractivity (Wildman–Crippen MR) is 104 cm³/mol. The van der Waals surface area contributed by atoms with E-state index in [2.05, 4.69) is 9.97 Å². The number of sulfonamides is 1. The zero-order valence-electron chi connectivity index (χ0n) is 16.2. The Hall–Kier alpha value is -2.79. The molecule has 0 amide bonds. The molecule has 150 valence electrons. The number of nitro groups is 1. The lowest BCUT2D eigenvalue weighted by atomic mass is 10.3. The van der Waals surface area contributed by atoms with Crippen LogP contribution in [0.4, 0.5) is 5.82 Å². The van der Waals surface area contributed by atoms with Crippen LogP contribution in [0, 0.1) is 17.0 Å². The summed E-state index contributed by atoms with van der Waals surface area (Å²) in [4.78, 5) is 19.6. The fourth-order valence-corrected chi connectivity index (χ4v) is 3.99. The normalized spacial score (nSPS) is 12.2. The van der Waals surface area contributed by atoms with Crippen LogP contribution in [0.25, 0.3) is 11.0 Å². The standard InChI is InChI=1S/C17H22N6O4S/c1-5-8-21-15-7-6-13(28(26,27)20(3)4)9-14(15)19-16(21)11-22-12(2)18-10-17(22)23(24)25/h6-7,9-10H,5,8,11H2,1-4H3. The molecule has 0 aliphatic rings. The van der Waals surface area contributed by atoms with E-state index in [4.69, 9.17) is 0 Å². The fraction of sp³-hybridized carbons (Fsp3) is 0.412. The predicted octanol–water partition coefficient (Wildman–Crippen LogP) is 2.16. The van der Waals surface area contributed by atoms with E-state index in [-0.39, 0.29) is 17.3 Å². The maximum Gasteiger partial charge on any atom is 0.343 e. The van der Waals surface area contributed by atoms with Crippen molar-refractivity contribution >= 4 is 26.9 Å². The number of fused-ring (bicyclic) bond motifs is 1. The van der Waals surface area contributed by atoms with Crippen LogP contribution >= 0.6 is 0 Å². The first-order valence-corrected chi connectivity index (χ1v) is 10.2. The molecule has 0 saturated heterocycles. The van der Waals surface area contributed by atoms with Gasteiger partial charge in [0.05, 0.1) is 15.9 Å². The van der Waals surface area contributed by atoms with Crippen LogP contribution in [0.3, 0.4) is 0 Å². The Balaban J connectivity index is 2.14. The number of hydrogen-bond donors (Lipinski definition) is 0. The quantitative estimate of drug-likeness (QED) is 0.438. The Morgan fingerprint density at radius 1 is 1.25 bits per heavy atom. The Morgan fingerprint density at radius 3 is 2.57 bits per heavy atom. The van der Waals surface area contributed by atoms with E-state index in [1.807, 2.05) is 11.5 Å². The van der Waals surface area contributed by atoms with E-state index in [0.29, 0.717) is 23.7 Å². The first-order valence-electron chi connectivity index (χ1n) is 8.75. The highest BCUT2D eigenvalue weighted by molar-refractivity contribution is 7.89. The maximum absolute atomic E-state index is 12.4. The molecule has 0 bridgehead atoms. The molecule has 0 atom stereocenters. The highest BCUT2D eigenvalue weighted by Crippen LogP contribution is 2.24. The number of hydrogen-bond acceptors (Lipinski definition) is 6. The van der Waals surface area contributed by atoms with Gasteiger partial charge in [0.1, 0.15) is 6.20 Å². The lowest BCUT2D eigenvalue weighted by molar-refractivity contribution is -0.392. The van der Waals surface area contributed by atoms with Gasteiger partial charge in [-0.3, -0.25) is 0 Å². The first kappa shape index (κ1) is 20.0. The first-order chi connectivity index (χ1) is 13.2. The van der Waals surface area contributed by atoms with E-state index < -0.39 is 14.9 Å². The molecule has 10 nitrogen and oxygen atoms in total. The van der Waals surface area contributed by atoms with Gasteiger partial charge in [0, 0.05) is 27.6 Å². The van der Waals surface area contributed by atoms with Crippen LogP contribution in [0.2, 0.25) is 0 Å². The summed E-state index contributed by atoms with van der Waals surface area (Å²) >= 11 is 0. The van der Waals surface area contributed by atoms with E-state index >= 15 is 0 Å². The van der Waals surface area contributed by atoms with Crippen LogP contribution in [0.15, 0.2) is 29.3 Å². The van der Waals surface area contributed by atoms with E-state index in [9.17, 15) is 18.5 Å². The SMILES string of the molecule is CCCn1c(Cn2c([N+](=O)[O-])cnc2C)nc2cc(S(=O)(=O)N(C)C)ccc21. The van der Waals surface area contributed by atoms with Gasteiger partial charge in [-0.25, -0.2) is 27.3 Å². The third-order valence-corrected chi connectivity index (χ3v) is 6.36. The van der Waals surface area contributed by atoms with Crippen molar-refractivity contribution in [3.63, 3.8) is 0 Å². The van der Waals surface area contributed by atoms with Crippen molar-refractivity contribution in [1.29, 1.82) is 0 Å². The van der Waals surface area contributed by atoms with E-state index in [1.54, 1.807) is 19.1 Å². The van der Waals surface area contributed by atoms with Gasteiger partial charge >= 0.3 is 5.82 Å². The third kappa shape index (κ3) is 3.38. The summed E-state index contributed by atoms with van der Waals surface area (Å²) in [5, 5.41) is 11.3. The summed E-state index contributed by atoms with van der Waals surface area (Å²) < 4.78 is 29.4. The molecule has 0 fully saturated rings. The number of aromatic nitrogens is 4. The fourth-order valence-electron chi connectivity index (χ4n) is 3.06. The average Bonchev–Trinajstić information content (AvgIpc) is 3.16. The number of benzene rings is 1. The number of rotatable bonds is 7. The second kappa shape index (κ2) is 7.32. The van der Waals surface area contributed by atoms with Gasteiger partial charge in [0.2, 0.25) is 10.0 Å². The Labute approximate surface area is 162 Å². The highest BCUT2D eigenvalue weighted by atomic mass is 32.2. The van der Waals surface area contributed by atoms with Gasteiger partial charge in [0.25, 0.3) is 0 Å². The van der Waals surface area contributed by atoms with Gasteiger partial charge < -0.3 is 14.7 Å². The van der Waals surface area contributed by atoms with Crippen molar-refractivity contribution in [1.82, 2.24) is 23.4 Å². The zero-order valence-corrected chi connectivity index (χ0v) is 17.0. The minimum absolute atomic E-state index is 0.108. The number of aryl methyl sites for hydroxylation is 2. The minimum Gasteiger partial charge on any atom is -0.358 e. The third-order valence-electron chi connectivity index (χ3n) is 4.55. The van der Waals surface area contributed by atoms with E-state index in [1.165, 1.54) is 30.9 Å². The van der Waals surface area contributed by atoms with Gasteiger partial charge in [-0.15, -0.1) is 0 Å². The summed E-state index contributed by atoms with van der Waals surface area (Å²) in [5.41, 5.74) is 1.32. The van der Waals surface area contributed by atoms with Crippen LogP contribution in [0.1, 0.15) is 25.0 Å². The molecule has 0 saturated carbocycles. The molecule has 28 heavy (non-hydrogen) atoms. The summed E-state index contributed by atoms with van der Waals surface area (Å²) in [6.45, 7) is 4.55. The minimum atomic E-state index is -3.58. The largest absolute Gasteiger partial charge is 0.358 e. The van der Waals surface area contributed by atoms with Gasteiger partial charge in [0.15, 0.2) is 18.2 Å². The van der Waals surface area contributed by atoms with Crippen molar-refractivity contribution in [2.75, 3.05) is 14.1 Å². The summed E-state index contributed by atoms with van der Waals surface area (Å²) in [5.74, 6) is 1.02. The van der Waals surface area contributed by atoms with Crippen molar-refractivity contribution in [3.05, 3.63) is 46.2 Å². The molecule has 0 N–H and O–H groups in total. The summed E-state index contributed by atoms with van der Waals surface area (Å²) in [6.07, 6.45) is 2.06. The molecule has 0 unspecified atom stereocenters. The second-order valence-corrected chi connectivity index (χ2v) is 8.78. The molecule has 1 aromatic carbocycles. The molecule has 0 aliphatic carbocycles. The van der Waals surface area contributed by atoms with Gasteiger partial charge in [-0.2, -0.15) is 0 Å². The zero-order chi connectivity index (χ0) is 20.6. The molecular weight excluding hydrogens is 384 g/mol. The van der Waals surface area contributed by atoms with Crippen LogP contribution < -0.4 is 0 Å². The molecule has 11 heteroatoms. The molecule has 0 aliphatic heterocycles. The van der Waals surface area contributed by atoms with Crippen LogP contribution in [-0.4, -0.2) is 50.8 Å². The monoisotopic (exact) mass is 406 g/mol. The lowest BCUT2D eigenvalue weighted by Crippen LogP contribution is -2.22.